The van der Waals surface area contributed by atoms with Crippen LogP contribution >= 0.6 is 0 Å². The number of benzene rings is 1. The van der Waals surface area contributed by atoms with E-state index in [1.54, 1.807) is 6.20 Å². The van der Waals surface area contributed by atoms with Gasteiger partial charge in [-0.3, -0.25) is 14.6 Å². The van der Waals surface area contributed by atoms with Gasteiger partial charge in [-0.25, -0.2) is 4.98 Å². The topological polar surface area (TPSA) is 78.4 Å². The fraction of sp³-hybridized carbons (Fsp3) is 0.556. The van der Waals surface area contributed by atoms with E-state index in [1.165, 1.54) is 0 Å². The summed E-state index contributed by atoms with van der Waals surface area (Å²) >= 11 is 0. The molecule has 1 amide bonds. The maximum absolute atomic E-state index is 13.2. The van der Waals surface area contributed by atoms with Gasteiger partial charge >= 0.3 is 0 Å². The predicted molar refractivity (Wildman–Crippen MR) is 135 cm³/mol. The lowest BCUT2D eigenvalue weighted by molar-refractivity contribution is -0.134. The highest BCUT2D eigenvalue weighted by Crippen LogP contribution is 2.34. The second kappa shape index (κ2) is 11.8. The van der Waals surface area contributed by atoms with Crippen LogP contribution in [0.4, 0.5) is 0 Å². The SMILES string of the molecule is CC1(C)CCCN(CC(=O)N2CCN(CCO)CC2)Cc2cccnc2Oc2ccccc2OC1. The number of aromatic nitrogens is 1. The Labute approximate surface area is 208 Å². The van der Waals surface area contributed by atoms with Gasteiger partial charge in [0.15, 0.2) is 11.5 Å². The maximum atomic E-state index is 13.2. The molecule has 1 fully saturated rings. The molecule has 8 heteroatoms. The minimum absolute atomic E-state index is 0.00895. The van der Waals surface area contributed by atoms with E-state index in [-0.39, 0.29) is 17.9 Å². The van der Waals surface area contributed by atoms with Gasteiger partial charge in [-0.15, -0.1) is 0 Å². The quantitative estimate of drug-likeness (QED) is 0.718. The smallest absolute Gasteiger partial charge is 0.236 e. The fourth-order valence-electron chi connectivity index (χ4n) is 4.63. The number of para-hydroxylation sites is 2. The summed E-state index contributed by atoms with van der Waals surface area (Å²) in [6.45, 7) is 10.6. The number of amides is 1. The van der Waals surface area contributed by atoms with Crippen molar-refractivity contribution in [2.24, 2.45) is 5.41 Å². The number of aliphatic hydroxyl groups is 1. The van der Waals surface area contributed by atoms with E-state index in [9.17, 15) is 9.90 Å². The maximum Gasteiger partial charge on any atom is 0.236 e. The van der Waals surface area contributed by atoms with Crippen LogP contribution in [0.25, 0.3) is 0 Å². The molecule has 2 aliphatic heterocycles. The number of carbonyl (C=O) groups is 1. The van der Waals surface area contributed by atoms with Gasteiger partial charge in [-0.05, 0) is 43.0 Å². The first-order valence-electron chi connectivity index (χ1n) is 12.6. The van der Waals surface area contributed by atoms with Crippen LogP contribution in [0.3, 0.4) is 0 Å². The molecule has 2 aromatic rings. The molecule has 1 saturated heterocycles. The largest absolute Gasteiger partial charge is 0.489 e. The van der Waals surface area contributed by atoms with Gasteiger partial charge in [0.1, 0.15) is 0 Å². The molecule has 1 aromatic heterocycles. The number of aliphatic hydroxyl groups excluding tert-OH is 1. The summed E-state index contributed by atoms with van der Waals surface area (Å²) in [4.78, 5) is 24.1. The number of hydrogen-bond donors (Lipinski definition) is 1. The van der Waals surface area contributed by atoms with Crippen molar-refractivity contribution in [2.75, 3.05) is 59.0 Å². The summed E-state index contributed by atoms with van der Waals surface area (Å²) in [6, 6.07) is 11.6. The van der Waals surface area contributed by atoms with Gasteiger partial charge in [0.25, 0.3) is 0 Å². The summed E-state index contributed by atoms with van der Waals surface area (Å²) in [6.07, 6.45) is 3.68. The average Bonchev–Trinajstić information content (AvgIpc) is 2.85. The lowest BCUT2D eigenvalue weighted by atomic mass is 9.88. The van der Waals surface area contributed by atoms with Crippen LogP contribution in [0.1, 0.15) is 32.3 Å². The van der Waals surface area contributed by atoms with E-state index in [0.29, 0.717) is 56.7 Å². The molecule has 1 aromatic carbocycles. The van der Waals surface area contributed by atoms with E-state index in [1.807, 2.05) is 41.3 Å². The van der Waals surface area contributed by atoms with Crippen molar-refractivity contribution in [1.29, 1.82) is 0 Å². The van der Waals surface area contributed by atoms with Crippen molar-refractivity contribution >= 4 is 5.91 Å². The number of fused-ring (bicyclic) bond motifs is 2. The van der Waals surface area contributed by atoms with Gasteiger partial charge in [0, 0.05) is 51.0 Å². The van der Waals surface area contributed by atoms with Crippen molar-refractivity contribution < 1.29 is 19.4 Å². The molecule has 0 spiro atoms. The Morgan fingerprint density at radius 3 is 2.57 bits per heavy atom. The number of carbonyl (C=O) groups excluding carboxylic acids is 1. The Morgan fingerprint density at radius 1 is 1.03 bits per heavy atom. The number of hydrogen-bond acceptors (Lipinski definition) is 7. The predicted octanol–water partition coefficient (Wildman–Crippen LogP) is 3.01. The molecule has 35 heavy (non-hydrogen) atoms. The second-order valence-electron chi connectivity index (χ2n) is 10.2. The molecule has 0 bridgehead atoms. The minimum atomic E-state index is -0.00895. The Kier molecular flexibility index (Phi) is 8.59. The van der Waals surface area contributed by atoms with Crippen molar-refractivity contribution in [3.05, 3.63) is 48.2 Å². The van der Waals surface area contributed by atoms with Crippen LogP contribution < -0.4 is 9.47 Å². The highest BCUT2D eigenvalue weighted by Gasteiger charge is 2.25. The zero-order valence-corrected chi connectivity index (χ0v) is 21.0. The Morgan fingerprint density at radius 2 is 1.80 bits per heavy atom. The third-order valence-corrected chi connectivity index (χ3v) is 6.75. The van der Waals surface area contributed by atoms with Gasteiger partial charge in [-0.2, -0.15) is 0 Å². The molecule has 2 aliphatic rings. The zero-order valence-electron chi connectivity index (χ0n) is 21.0. The van der Waals surface area contributed by atoms with Crippen molar-refractivity contribution in [2.45, 2.75) is 33.2 Å². The van der Waals surface area contributed by atoms with Crippen LogP contribution in [0.5, 0.6) is 17.4 Å². The normalized spacial score (nSPS) is 19.7. The molecular weight excluding hydrogens is 444 g/mol. The van der Waals surface area contributed by atoms with E-state index < -0.39 is 0 Å². The number of nitrogens with zero attached hydrogens (tertiary/aromatic N) is 4. The van der Waals surface area contributed by atoms with Crippen molar-refractivity contribution in [3.63, 3.8) is 0 Å². The van der Waals surface area contributed by atoms with Gasteiger partial charge in [0.05, 0.1) is 19.8 Å². The number of ether oxygens (including phenoxy) is 2. The molecule has 0 atom stereocenters. The van der Waals surface area contributed by atoms with Crippen LogP contribution in [0.2, 0.25) is 0 Å². The molecule has 0 unspecified atom stereocenters. The molecule has 190 valence electrons. The molecule has 0 aliphatic carbocycles. The van der Waals surface area contributed by atoms with Gasteiger partial charge in [-0.1, -0.05) is 32.0 Å². The van der Waals surface area contributed by atoms with Gasteiger partial charge < -0.3 is 19.5 Å². The number of rotatable bonds is 4. The number of piperazine rings is 1. The highest BCUT2D eigenvalue weighted by atomic mass is 16.5. The first-order chi connectivity index (χ1) is 16.9. The first kappa shape index (κ1) is 25.4. The highest BCUT2D eigenvalue weighted by molar-refractivity contribution is 5.78. The van der Waals surface area contributed by atoms with E-state index in [4.69, 9.17) is 9.47 Å². The van der Waals surface area contributed by atoms with Crippen LogP contribution in [-0.2, 0) is 11.3 Å². The van der Waals surface area contributed by atoms with E-state index in [2.05, 4.69) is 28.6 Å². The monoisotopic (exact) mass is 482 g/mol. The molecule has 8 nitrogen and oxygen atoms in total. The fourth-order valence-corrected chi connectivity index (χ4v) is 4.63. The van der Waals surface area contributed by atoms with Crippen LogP contribution in [0, 0.1) is 5.41 Å². The molecular formula is C27H38N4O4. The van der Waals surface area contributed by atoms with Crippen molar-refractivity contribution in [1.82, 2.24) is 19.7 Å². The summed E-state index contributed by atoms with van der Waals surface area (Å²) in [5.41, 5.74) is 0.937. The summed E-state index contributed by atoms with van der Waals surface area (Å²) in [5, 5.41) is 9.18. The Bertz CT molecular complexity index is 975. The number of pyridine rings is 1. The van der Waals surface area contributed by atoms with Crippen LogP contribution in [0.15, 0.2) is 42.6 Å². The zero-order chi connectivity index (χ0) is 24.7. The molecule has 3 heterocycles. The first-order valence-corrected chi connectivity index (χ1v) is 12.6. The molecule has 1 N–H and O–H groups in total. The third-order valence-electron chi connectivity index (χ3n) is 6.75. The molecule has 4 rings (SSSR count). The average molecular weight is 483 g/mol. The second-order valence-corrected chi connectivity index (χ2v) is 10.2. The van der Waals surface area contributed by atoms with Gasteiger partial charge in [0.2, 0.25) is 11.8 Å². The standard InChI is InChI=1S/C27H38N4O4/c1-27(2)10-6-12-30(20-25(33)31-15-13-29(14-16-31)17-18-32)19-22-7-5-11-28-26(22)35-24-9-4-3-8-23(24)34-21-27/h3-5,7-9,11,32H,6,10,12-21H2,1-2H3. The van der Waals surface area contributed by atoms with E-state index in [0.717, 1.165) is 38.0 Å². The lowest BCUT2D eigenvalue weighted by Gasteiger charge is -2.35. The lowest BCUT2D eigenvalue weighted by Crippen LogP contribution is -2.51. The molecule has 0 saturated carbocycles. The van der Waals surface area contributed by atoms with E-state index >= 15 is 0 Å². The summed E-state index contributed by atoms with van der Waals surface area (Å²) in [5.74, 6) is 2.05. The summed E-state index contributed by atoms with van der Waals surface area (Å²) in [7, 11) is 0. The number of β-amino-alcohol motifs (C(OH)–C–C–N with tert-alkyl or cyclic N) is 1. The molecule has 0 radical (unpaired) electrons. The third kappa shape index (κ3) is 7.16. The van der Waals surface area contributed by atoms with Crippen molar-refractivity contribution in [3.8, 4) is 17.4 Å². The van der Waals surface area contributed by atoms with Crippen LogP contribution in [-0.4, -0.2) is 89.7 Å². The minimum Gasteiger partial charge on any atom is -0.489 e. The Hall–Kier alpha value is -2.68. The Balaban J connectivity index is 1.51. The summed E-state index contributed by atoms with van der Waals surface area (Å²) < 4.78 is 12.4.